The van der Waals surface area contributed by atoms with Gasteiger partial charge in [-0.2, -0.15) is 5.10 Å². The smallest absolute Gasteiger partial charge is 0.138 e. The number of nitrogens with one attached hydrogen (secondary N) is 2. The van der Waals surface area contributed by atoms with Gasteiger partial charge in [-0.25, -0.2) is 9.37 Å². The van der Waals surface area contributed by atoms with Crippen molar-refractivity contribution >= 4 is 21.9 Å². The summed E-state index contributed by atoms with van der Waals surface area (Å²) in [7, 11) is 0. The number of hydrogen-bond acceptors (Lipinski definition) is 4. The lowest BCUT2D eigenvalue weighted by molar-refractivity contribution is 0.631. The van der Waals surface area contributed by atoms with Gasteiger partial charge in [-0.3, -0.25) is 15.1 Å². The number of aromatic amines is 2. The van der Waals surface area contributed by atoms with Crippen molar-refractivity contribution in [3.05, 3.63) is 84.7 Å². The molecule has 1 aromatic carbocycles. The minimum atomic E-state index is -0.268. The van der Waals surface area contributed by atoms with E-state index >= 15 is 0 Å². The lowest BCUT2D eigenvalue weighted by atomic mass is 10.0. The number of halogens is 1. The summed E-state index contributed by atoms with van der Waals surface area (Å²) in [6.45, 7) is 2.03. The Hall–Kier alpha value is -4.39. The van der Waals surface area contributed by atoms with E-state index < -0.39 is 0 Å². The van der Waals surface area contributed by atoms with Crippen LogP contribution in [0, 0.1) is 12.7 Å². The maximum atomic E-state index is 14.5. The van der Waals surface area contributed by atoms with Crippen molar-refractivity contribution in [3.63, 3.8) is 0 Å². The summed E-state index contributed by atoms with van der Waals surface area (Å²) in [6.07, 6.45) is 7.04. The molecule has 0 unspecified atom stereocenters. The van der Waals surface area contributed by atoms with Crippen molar-refractivity contribution in [1.82, 2.24) is 30.1 Å². The highest BCUT2D eigenvalue weighted by Crippen LogP contribution is 2.35. The summed E-state index contributed by atoms with van der Waals surface area (Å²) >= 11 is 0. The van der Waals surface area contributed by atoms with Gasteiger partial charge in [0, 0.05) is 40.5 Å². The zero-order valence-corrected chi connectivity index (χ0v) is 17.1. The summed E-state index contributed by atoms with van der Waals surface area (Å²) in [5, 5.41) is 9.34. The van der Waals surface area contributed by atoms with Crippen LogP contribution in [0.3, 0.4) is 0 Å². The van der Waals surface area contributed by atoms with Gasteiger partial charge in [-0.1, -0.05) is 18.2 Å². The number of hydrogen-bond donors (Lipinski definition) is 2. The van der Waals surface area contributed by atoms with Crippen molar-refractivity contribution in [2.24, 2.45) is 0 Å². The molecule has 0 aliphatic heterocycles. The first kappa shape index (κ1) is 18.4. The second-order valence-corrected chi connectivity index (χ2v) is 7.66. The average Bonchev–Trinajstić information content (AvgIpc) is 3.43. The van der Waals surface area contributed by atoms with Gasteiger partial charge in [0.05, 0.1) is 23.1 Å². The van der Waals surface area contributed by atoms with E-state index in [0.29, 0.717) is 11.2 Å². The minimum absolute atomic E-state index is 0.268. The lowest BCUT2D eigenvalue weighted by Gasteiger charge is -2.04. The molecule has 0 aliphatic rings. The van der Waals surface area contributed by atoms with Crippen molar-refractivity contribution in [2.75, 3.05) is 0 Å². The maximum absolute atomic E-state index is 14.5. The molecule has 0 spiro atoms. The van der Waals surface area contributed by atoms with E-state index in [1.165, 1.54) is 6.07 Å². The Bertz CT molecular complexity index is 1610. The normalized spacial score (nSPS) is 11.4. The molecule has 2 N–H and O–H groups in total. The average molecular weight is 420 g/mol. The number of pyridine rings is 3. The predicted molar refractivity (Wildman–Crippen MR) is 122 cm³/mol. The van der Waals surface area contributed by atoms with Crippen molar-refractivity contribution in [3.8, 4) is 33.8 Å². The molecule has 0 aliphatic carbocycles. The lowest BCUT2D eigenvalue weighted by Crippen LogP contribution is -1.88. The van der Waals surface area contributed by atoms with E-state index in [-0.39, 0.29) is 5.82 Å². The van der Waals surface area contributed by atoms with Crippen LogP contribution in [0.1, 0.15) is 5.56 Å². The van der Waals surface area contributed by atoms with Crippen LogP contribution in [0.2, 0.25) is 0 Å². The molecule has 0 atom stereocenters. The number of fused-ring (bicyclic) bond motifs is 2. The van der Waals surface area contributed by atoms with E-state index in [9.17, 15) is 4.39 Å². The number of H-pyrrole nitrogens is 2. The molecule has 0 fully saturated rings. The minimum Gasteiger partial charge on any atom is -0.338 e. The number of rotatable bonds is 3. The van der Waals surface area contributed by atoms with Gasteiger partial charge in [-0.15, -0.1) is 0 Å². The molecule has 6 nitrogen and oxygen atoms in total. The van der Waals surface area contributed by atoms with E-state index in [1.807, 2.05) is 43.5 Å². The Morgan fingerprint density at radius 3 is 2.62 bits per heavy atom. The molecule has 154 valence electrons. The van der Waals surface area contributed by atoms with Crippen LogP contribution in [0.25, 0.3) is 55.7 Å². The van der Waals surface area contributed by atoms with Crippen LogP contribution >= 0.6 is 0 Å². The molecule has 0 radical (unpaired) electrons. The topological polar surface area (TPSA) is 83.1 Å². The largest absolute Gasteiger partial charge is 0.338 e. The van der Waals surface area contributed by atoms with Gasteiger partial charge in [0.25, 0.3) is 0 Å². The first-order valence-corrected chi connectivity index (χ1v) is 10.2. The molecule has 0 bridgehead atoms. The van der Waals surface area contributed by atoms with Gasteiger partial charge in [0.1, 0.15) is 17.2 Å². The standard InChI is InChI=1S/C25H17FN6/c1-14-6-8-27-12-19(14)21-11-18-23(13-29-21)31-32-24(18)22-10-17-15(7-9-28-25(17)30-22)16-4-2-3-5-20(16)26/h2-13H,1H3,(H,28,30)(H,31,32). The molecule has 0 saturated heterocycles. The summed E-state index contributed by atoms with van der Waals surface area (Å²) < 4.78 is 14.5. The molecule has 6 aromatic rings. The molecule has 6 rings (SSSR count). The zero-order chi connectivity index (χ0) is 21.7. The van der Waals surface area contributed by atoms with Crippen molar-refractivity contribution < 1.29 is 4.39 Å². The van der Waals surface area contributed by atoms with Crippen LogP contribution in [0.4, 0.5) is 4.39 Å². The van der Waals surface area contributed by atoms with Gasteiger partial charge in [-0.05, 0) is 48.4 Å². The van der Waals surface area contributed by atoms with Gasteiger partial charge in [0.15, 0.2) is 0 Å². The van der Waals surface area contributed by atoms with Gasteiger partial charge in [0.2, 0.25) is 0 Å². The third-order valence-electron chi connectivity index (χ3n) is 5.71. The van der Waals surface area contributed by atoms with E-state index in [1.54, 1.807) is 30.7 Å². The molecule has 0 amide bonds. The summed E-state index contributed by atoms with van der Waals surface area (Å²) in [6, 6.07) is 14.5. The highest BCUT2D eigenvalue weighted by molar-refractivity contribution is 6.00. The number of nitrogens with zero attached hydrogens (tertiary/aromatic N) is 4. The molecule has 5 heterocycles. The van der Waals surface area contributed by atoms with Crippen LogP contribution in [-0.2, 0) is 0 Å². The number of benzene rings is 1. The molecule has 7 heteroatoms. The van der Waals surface area contributed by atoms with Crippen LogP contribution in [0.15, 0.2) is 73.3 Å². The molecule has 32 heavy (non-hydrogen) atoms. The van der Waals surface area contributed by atoms with Crippen LogP contribution < -0.4 is 0 Å². The highest BCUT2D eigenvalue weighted by Gasteiger charge is 2.16. The summed E-state index contributed by atoms with van der Waals surface area (Å²) in [5.41, 5.74) is 7.26. The molecular formula is C25H17FN6. The molecule has 0 saturated carbocycles. The SMILES string of the molecule is Cc1ccncc1-c1cc2c(-c3cc4c(-c5ccccc5F)ccnc4[nH]3)n[nH]c2cn1. The Morgan fingerprint density at radius 1 is 0.844 bits per heavy atom. The molecular weight excluding hydrogens is 403 g/mol. The summed E-state index contributed by atoms with van der Waals surface area (Å²) in [5.74, 6) is -0.268. The Labute approximate surface area is 182 Å². The predicted octanol–water partition coefficient (Wildman–Crippen LogP) is 5.68. The number of aryl methyl sites for hydroxylation is 1. The first-order valence-electron chi connectivity index (χ1n) is 10.2. The van der Waals surface area contributed by atoms with E-state index in [2.05, 4.69) is 30.1 Å². The van der Waals surface area contributed by atoms with E-state index in [4.69, 9.17) is 0 Å². The highest BCUT2D eigenvalue weighted by atomic mass is 19.1. The van der Waals surface area contributed by atoms with Crippen LogP contribution in [0.5, 0.6) is 0 Å². The number of aromatic nitrogens is 6. The van der Waals surface area contributed by atoms with Crippen molar-refractivity contribution in [1.29, 1.82) is 0 Å². The zero-order valence-electron chi connectivity index (χ0n) is 17.1. The first-order chi connectivity index (χ1) is 15.7. The van der Waals surface area contributed by atoms with Gasteiger partial charge < -0.3 is 4.98 Å². The van der Waals surface area contributed by atoms with Crippen LogP contribution in [-0.4, -0.2) is 30.1 Å². The Morgan fingerprint density at radius 2 is 1.75 bits per heavy atom. The monoisotopic (exact) mass is 420 g/mol. The van der Waals surface area contributed by atoms with Gasteiger partial charge >= 0.3 is 0 Å². The third kappa shape index (κ3) is 2.86. The molecule has 5 aromatic heterocycles. The fraction of sp³-hybridized carbons (Fsp3) is 0.0400. The second-order valence-electron chi connectivity index (χ2n) is 7.66. The second kappa shape index (κ2) is 7.09. The Kier molecular flexibility index (Phi) is 4.07. The van der Waals surface area contributed by atoms with Crippen molar-refractivity contribution in [2.45, 2.75) is 6.92 Å². The third-order valence-corrected chi connectivity index (χ3v) is 5.71. The Balaban J connectivity index is 1.53. The fourth-order valence-electron chi connectivity index (χ4n) is 4.07. The maximum Gasteiger partial charge on any atom is 0.138 e. The quantitative estimate of drug-likeness (QED) is 0.386. The van der Waals surface area contributed by atoms with E-state index in [0.717, 1.165) is 50.1 Å². The fourth-order valence-corrected chi connectivity index (χ4v) is 4.07. The summed E-state index contributed by atoms with van der Waals surface area (Å²) in [4.78, 5) is 16.6.